The van der Waals surface area contributed by atoms with Gasteiger partial charge in [0.25, 0.3) is 5.56 Å². The minimum atomic E-state index is -0.809. The molecule has 3 aromatic heterocycles. The molecule has 1 aliphatic rings. The minimum Gasteiger partial charge on any atom is -0.387 e. The summed E-state index contributed by atoms with van der Waals surface area (Å²) in [5.41, 5.74) is 3.19. The standard InChI is InChI=1S/C23H25ClN8O2/c1-13-19-21(31-23(28-13)32-9-7-25-8-10-32)30-20(29-19)18-16(5-6-26-22(18)34)27-12-17(33)14-3-2-4-15(24)11-14/h2-6,11,17,25,33H,7-10,12H2,1H3,(H2,26,27,34)(H,28,29,30,31)/t17-/m0/s1. The lowest BCUT2D eigenvalue weighted by Gasteiger charge is -2.27. The van der Waals surface area contributed by atoms with E-state index in [1.807, 2.05) is 6.92 Å². The van der Waals surface area contributed by atoms with E-state index in [1.165, 1.54) is 0 Å². The van der Waals surface area contributed by atoms with Crippen LogP contribution in [-0.2, 0) is 0 Å². The molecule has 0 unspecified atom stereocenters. The quantitative estimate of drug-likeness (QED) is 0.283. The number of rotatable bonds is 6. The highest BCUT2D eigenvalue weighted by Crippen LogP contribution is 2.26. The van der Waals surface area contributed by atoms with Crippen molar-refractivity contribution in [3.8, 4) is 11.4 Å². The van der Waals surface area contributed by atoms with Crippen molar-refractivity contribution in [3.05, 3.63) is 63.2 Å². The number of pyridine rings is 1. The predicted octanol–water partition coefficient (Wildman–Crippen LogP) is 2.23. The first-order chi connectivity index (χ1) is 16.5. The van der Waals surface area contributed by atoms with E-state index in [2.05, 4.69) is 40.5 Å². The van der Waals surface area contributed by atoms with Gasteiger partial charge in [0.05, 0.1) is 17.5 Å². The summed E-state index contributed by atoms with van der Waals surface area (Å²) in [6.07, 6.45) is 0.743. The SMILES string of the molecule is Cc1nc(N2CCNCC2)nc2nc(-c3c(NC[C@H](O)c4cccc(Cl)c4)cc[nH]c3=O)[nH]c12. The molecule has 34 heavy (non-hydrogen) atoms. The number of benzene rings is 1. The number of aromatic nitrogens is 5. The molecule has 5 N–H and O–H groups in total. The van der Waals surface area contributed by atoms with Crippen LogP contribution in [0.3, 0.4) is 0 Å². The molecular weight excluding hydrogens is 456 g/mol. The van der Waals surface area contributed by atoms with Crippen LogP contribution in [0.5, 0.6) is 0 Å². The van der Waals surface area contributed by atoms with E-state index in [1.54, 1.807) is 36.5 Å². The van der Waals surface area contributed by atoms with Crippen LogP contribution in [0.4, 0.5) is 11.6 Å². The number of nitrogens with one attached hydrogen (secondary N) is 4. The van der Waals surface area contributed by atoms with Gasteiger partial charge < -0.3 is 30.6 Å². The number of aliphatic hydroxyl groups excluding tert-OH is 1. The molecule has 5 rings (SSSR count). The van der Waals surface area contributed by atoms with E-state index >= 15 is 0 Å². The molecule has 0 saturated carbocycles. The molecule has 0 radical (unpaired) electrons. The fourth-order valence-corrected chi connectivity index (χ4v) is 4.25. The predicted molar refractivity (Wildman–Crippen MR) is 132 cm³/mol. The van der Waals surface area contributed by atoms with Gasteiger partial charge in [-0.15, -0.1) is 0 Å². The van der Waals surface area contributed by atoms with Gasteiger partial charge >= 0.3 is 0 Å². The lowest BCUT2D eigenvalue weighted by atomic mass is 10.1. The molecule has 1 aliphatic heterocycles. The van der Waals surface area contributed by atoms with Gasteiger partial charge in [0.2, 0.25) is 5.95 Å². The minimum absolute atomic E-state index is 0.184. The number of fused-ring (bicyclic) bond motifs is 1. The van der Waals surface area contributed by atoms with Crippen molar-refractivity contribution in [2.24, 2.45) is 0 Å². The van der Waals surface area contributed by atoms with Crippen LogP contribution < -0.4 is 21.1 Å². The van der Waals surface area contributed by atoms with E-state index in [0.717, 1.165) is 31.9 Å². The van der Waals surface area contributed by atoms with Gasteiger partial charge in [-0.3, -0.25) is 4.79 Å². The normalized spacial score (nSPS) is 15.0. The Morgan fingerprint density at radius 2 is 2.03 bits per heavy atom. The third kappa shape index (κ3) is 4.47. The first kappa shape index (κ1) is 22.3. The highest BCUT2D eigenvalue weighted by Gasteiger charge is 2.20. The van der Waals surface area contributed by atoms with E-state index in [-0.39, 0.29) is 12.1 Å². The van der Waals surface area contributed by atoms with Crippen molar-refractivity contribution in [1.29, 1.82) is 0 Å². The topological polar surface area (TPSA) is 135 Å². The molecule has 0 amide bonds. The maximum atomic E-state index is 12.8. The molecule has 11 heteroatoms. The number of aromatic amines is 2. The number of halogens is 1. The highest BCUT2D eigenvalue weighted by molar-refractivity contribution is 6.30. The zero-order valence-electron chi connectivity index (χ0n) is 18.6. The lowest BCUT2D eigenvalue weighted by molar-refractivity contribution is 0.191. The largest absolute Gasteiger partial charge is 0.387 e. The maximum Gasteiger partial charge on any atom is 0.261 e. The highest BCUT2D eigenvalue weighted by atomic mass is 35.5. The van der Waals surface area contributed by atoms with Crippen molar-refractivity contribution >= 4 is 34.4 Å². The summed E-state index contributed by atoms with van der Waals surface area (Å²) in [5.74, 6) is 1.01. The first-order valence-corrected chi connectivity index (χ1v) is 11.5. The van der Waals surface area contributed by atoms with Crippen LogP contribution in [0.2, 0.25) is 5.02 Å². The van der Waals surface area contributed by atoms with Crippen LogP contribution in [0, 0.1) is 6.92 Å². The van der Waals surface area contributed by atoms with Crippen LogP contribution in [0.1, 0.15) is 17.4 Å². The van der Waals surface area contributed by atoms with Crippen LogP contribution in [0.15, 0.2) is 41.3 Å². The molecule has 176 valence electrons. The average molecular weight is 481 g/mol. The summed E-state index contributed by atoms with van der Waals surface area (Å²) >= 11 is 6.04. The van der Waals surface area contributed by atoms with Crippen LogP contribution >= 0.6 is 11.6 Å². The zero-order chi connectivity index (χ0) is 23.7. The molecule has 1 fully saturated rings. The lowest BCUT2D eigenvalue weighted by Crippen LogP contribution is -2.44. The van der Waals surface area contributed by atoms with E-state index in [0.29, 0.717) is 44.8 Å². The third-order valence-corrected chi connectivity index (χ3v) is 6.07. The van der Waals surface area contributed by atoms with Crippen LogP contribution in [-0.4, -0.2) is 62.8 Å². The smallest absolute Gasteiger partial charge is 0.261 e. The second-order valence-electron chi connectivity index (χ2n) is 8.18. The summed E-state index contributed by atoms with van der Waals surface area (Å²) < 4.78 is 0. The summed E-state index contributed by atoms with van der Waals surface area (Å²) in [5, 5.41) is 17.6. The summed E-state index contributed by atoms with van der Waals surface area (Å²) in [7, 11) is 0. The second kappa shape index (κ2) is 9.41. The van der Waals surface area contributed by atoms with Crippen molar-refractivity contribution < 1.29 is 5.11 Å². The van der Waals surface area contributed by atoms with Crippen molar-refractivity contribution in [1.82, 2.24) is 30.2 Å². The van der Waals surface area contributed by atoms with Crippen molar-refractivity contribution in [3.63, 3.8) is 0 Å². The molecule has 0 bridgehead atoms. The number of hydrogen-bond donors (Lipinski definition) is 5. The fourth-order valence-electron chi connectivity index (χ4n) is 4.05. The molecular formula is C23H25ClN8O2. The van der Waals surface area contributed by atoms with E-state index in [9.17, 15) is 9.90 Å². The third-order valence-electron chi connectivity index (χ3n) is 5.84. The number of piperazine rings is 1. The number of hydrogen-bond acceptors (Lipinski definition) is 8. The Balaban J connectivity index is 1.46. The number of anilines is 2. The summed E-state index contributed by atoms with van der Waals surface area (Å²) in [4.78, 5) is 34.7. The number of imidazole rings is 1. The molecule has 10 nitrogen and oxygen atoms in total. The van der Waals surface area contributed by atoms with Gasteiger partial charge in [-0.1, -0.05) is 23.7 Å². The Hall–Kier alpha value is -3.47. The van der Waals surface area contributed by atoms with Crippen molar-refractivity contribution in [2.75, 3.05) is 42.9 Å². The van der Waals surface area contributed by atoms with Gasteiger partial charge in [0.15, 0.2) is 5.65 Å². The van der Waals surface area contributed by atoms with Gasteiger partial charge in [-0.2, -0.15) is 4.98 Å². The van der Waals surface area contributed by atoms with E-state index < -0.39 is 6.10 Å². The molecule has 1 saturated heterocycles. The fraction of sp³-hybridized carbons (Fsp3) is 0.304. The van der Waals surface area contributed by atoms with Gasteiger partial charge in [-0.05, 0) is 30.7 Å². The molecule has 4 aromatic rings. The Kier molecular flexibility index (Phi) is 6.18. The van der Waals surface area contributed by atoms with Crippen LogP contribution in [0.25, 0.3) is 22.6 Å². The Bertz CT molecular complexity index is 1380. The Labute approximate surface area is 200 Å². The number of aryl methyl sites for hydroxylation is 1. The summed E-state index contributed by atoms with van der Waals surface area (Å²) in [6.45, 7) is 5.48. The first-order valence-electron chi connectivity index (χ1n) is 11.1. The molecule has 0 spiro atoms. The summed E-state index contributed by atoms with van der Waals surface area (Å²) in [6, 6.07) is 8.78. The van der Waals surface area contributed by atoms with Gasteiger partial charge in [-0.25, -0.2) is 9.97 Å². The average Bonchev–Trinajstić information content (AvgIpc) is 3.27. The number of aliphatic hydroxyl groups is 1. The Morgan fingerprint density at radius 1 is 1.21 bits per heavy atom. The number of H-pyrrole nitrogens is 2. The van der Waals surface area contributed by atoms with E-state index in [4.69, 9.17) is 11.6 Å². The van der Waals surface area contributed by atoms with Crippen molar-refractivity contribution in [2.45, 2.75) is 13.0 Å². The molecule has 0 aliphatic carbocycles. The monoisotopic (exact) mass is 480 g/mol. The molecule has 1 aromatic carbocycles. The van der Waals surface area contributed by atoms with Gasteiger partial charge in [0, 0.05) is 43.9 Å². The maximum absolute atomic E-state index is 12.8. The molecule has 4 heterocycles. The second-order valence-corrected chi connectivity index (χ2v) is 8.61. The Morgan fingerprint density at radius 3 is 2.82 bits per heavy atom. The number of nitrogens with zero attached hydrogens (tertiary/aromatic N) is 4. The zero-order valence-corrected chi connectivity index (χ0v) is 19.4. The van der Waals surface area contributed by atoms with Gasteiger partial charge in [0.1, 0.15) is 16.9 Å². The molecule has 1 atom stereocenters.